The molecule has 5 aromatic rings. The van der Waals surface area contributed by atoms with Crippen LogP contribution in [0.5, 0.6) is 17.2 Å². The monoisotopic (exact) mass is 1250 g/mol. The molecule has 0 unspecified atom stereocenters. The Morgan fingerprint density at radius 1 is 0.318 bits per heavy atom. The van der Waals surface area contributed by atoms with Crippen molar-refractivity contribution in [3.8, 4) is 17.2 Å². The minimum absolute atomic E-state index is 0.0125. The van der Waals surface area contributed by atoms with Crippen LogP contribution in [-0.4, -0.2) is 42.4 Å². The van der Waals surface area contributed by atoms with E-state index in [1.165, 1.54) is 68.2 Å². The van der Waals surface area contributed by atoms with Crippen LogP contribution in [0.25, 0.3) is 0 Å². The van der Waals surface area contributed by atoms with Gasteiger partial charge in [-0.05, 0) is 182 Å². The number of phenols is 3. The molecule has 0 radical (unpaired) electrons. The van der Waals surface area contributed by atoms with Gasteiger partial charge in [0.05, 0.1) is 27.1 Å². The van der Waals surface area contributed by atoms with E-state index >= 15 is 0 Å². The van der Waals surface area contributed by atoms with Crippen molar-refractivity contribution in [1.82, 2.24) is 0 Å². The zero-order valence-electron chi connectivity index (χ0n) is 63.9. The molecule has 0 spiro atoms. The van der Waals surface area contributed by atoms with Crippen molar-refractivity contribution in [1.29, 1.82) is 0 Å². The molecule has 0 fully saturated rings. The molecule has 5 aromatic carbocycles. The molecular formula is C82H136O3Si3. The van der Waals surface area contributed by atoms with Crippen LogP contribution in [-0.2, 0) is 62.6 Å². The van der Waals surface area contributed by atoms with Crippen molar-refractivity contribution in [3.63, 3.8) is 0 Å². The highest BCUT2D eigenvalue weighted by Crippen LogP contribution is 2.64. The first-order valence-corrected chi connectivity index (χ1v) is 39.6. The summed E-state index contributed by atoms with van der Waals surface area (Å²) >= 11 is 0. The SMILES string of the molecule is CC(C)(C)c1cc(CC[SiH2]c2cccc(C(C)(C)C)c2C(C)(C)C)c(C(C)(C)C)cc1O.CC(C)(C)c1cc(CC[Si](C(C)(C)C)(C(C)(C)C)C(C)(C)C)c(C(C)(C)C)cc1O.Cc1cccc([SiH2]CCc2cc(C(C)(C)C)c(O)cc2C(C)(C)C)c1C. The highest BCUT2D eigenvalue weighted by molar-refractivity contribution is 6.87. The summed E-state index contributed by atoms with van der Waals surface area (Å²) in [5.41, 5.74) is 17.5. The predicted molar refractivity (Wildman–Crippen MR) is 403 cm³/mol. The fraction of sp³-hybridized carbons (Fsp3) is 0.634. The summed E-state index contributed by atoms with van der Waals surface area (Å²) in [6.45, 7) is 80.9. The minimum Gasteiger partial charge on any atom is -0.508 e. The van der Waals surface area contributed by atoms with Crippen molar-refractivity contribution in [2.75, 3.05) is 0 Å². The fourth-order valence-electron chi connectivity index (χ4n) is 15.6. The molecule has 0 bridgehead atoms. The third-order valence-electron chi connectivity index (χ3n) is 19.3. The van der Waals surface area contributed by atoms with Crippen LogP contribution in [0.2, 0.25) is 33.2 Å². The molecule has 5 rings (SSSR count). The van der Waals surface area contributed by atoms with E-state index < -0.39 is 17.6 Å². The van der Waals surface area contributed by atoms with Crippen LogP contribution in [0.3, 0.4) is 0 Å². The molecule has 0 amide bonds. The van der Waals surface area contributed by atoms with Crippen LogP contribution in [0.15, 0.2) is 72.8 Å². The highest BCUT2D eigenvalue weighted by atomic mass is 28.3. The average molecular weight is 1250 g/mol. The second kappa shape index (κ2) is 27.8. The van der Waals surface area contributed by atoms with E-state index in [1.54, 1.807) is 15.9 Å². The molecule has 3 nitrogen and oxygen atoms in total. The first-order chi connectivity index (χ1) is 39.2. The van der Waals surface area contributed by atoms with Gasteiger partial charge < -0.3 is 15.3 Å². The summed E-state index contributed by atoms with van der Waals surface area (Å²) in [6, 6.07) is 30.5. The number of benzene rings is 5. The largest absolute Gasteiger partial charge is 0.508 e. The predicted octanol–water partition coefficient (Wildman–Crippen LogP) is 21.5. The summed E-state index contributed by atoms with van der Waals surface area (Å²) in [4.78, 5) is 0. The maximum atomic E-state index is 10.8. The number of rotatable bonds is 11. The summed E-state index contributed by atoms with van der Waals surface area (Å²) in [5, 5.41) is 36.3. The molecule has 6 heteroatoms. The average Bonchev–Trinajstić information content (AvgIpc) is 0.769. The maximum Gasteiger partial charge on any atom is 0.119 e. The van der Waals surface area contributed by atoms with Gasteiger partial charge in [0.2, 0.25) is 0 Å². The third kappa shape index (κ3) is 19.8. The van der Waals surface area contributed by atoms with Gasteiger partial charge in [0, 0.05) is 0 Å². The Bertz CT molecular complexity index is 3090. The lowest BCUT2D eigenvalue weighted by Crippen LogP contribution is -2.58. The molecule has 0 heterocycles. The second-order valence-electron chi connectivity index (χ2n) is 38.1. The Balaban J connectivity index is 0.000000347. The van der Waals surface area contributed by atoms with Crippen LogP contribution in [0.4, 0.5) is 0 Å². The van der Waals surface area contributed by atoms with Crippen molar-refractivity contribution in [2.45, 2.75) is 338 Å². The lowest BCUT2D eigenvalue weighted by Gasteiger charge is -2.60. The highest BCUT2D eigenvalue weighted by Gasteiger charge is 2.58. The van der Waals surface area contributed by atoms with Crippen molar-refractivity contribution < 1.29 is 15.3 Å². The zero-order chi connectivity index (χ0) is 68.5. The van der Waals surface area contributed by atoms with E-state index in [9.17, 15) is 15.3 Å². The van der Waals surface area contributed by atoms with E-state index in [4.69, 9.17) is 0 Å². The van der Waals surface area contributed by atoms with Crippen LogP contribution < -0.4 is 10.4 Å². The van der Waals surface area contributed by atoms with Crippen molar-refractivity contribution in [3.05, 3.63) is 145 Å². The standard InChI is InChI=1S/C30H48OSi.C28H52OSi.C24H36OSi/c1-27(2,3)21-14-13-15-25(26(21)30(10,11)12)32-17-16-20-18-23(29(7,8)9)24(31)19-22(20)28(4,5)6;1-24(2,3)21-19-23(29)22(25(4,5)6)18-20(21)16-17-30(26(7,8)9,27(10,11)12)28(13,14)15;1-16-10-9-11-22(17(16)2)26-13-12-18-14-20(24(6,7)8)21(25)15-19(18)23(3,4)5/h13-15,18-19,31H,16-17,32H2,1-12H3;18-19,29H,16-17H2,1-15H3;9-11,14-15,25H,12-13,26H2,1-8H3. The quantitative estimate of drug-likeness (QED) is 0.116. The van der Waals surface area contributed by atoms with Gasteiger partial charge in [-0.25, -0.2) is 0 Å². The van der Waals surface area contributed by atoms with E-state index in [-0.39, 0.29) is 52.8 Å². The Labute approximate surface area is 550 Å². The van der Waals surface area contributed by atoms with E-state index in [1.807, 2.05) is 12.1 Å². The number of aryl methyl sites for hydroxylation is 4. The molecule has 88 heavy (non-hydrogen) atoms. The van der Waals surface area contributed by atoms with Gasteiger partial charge in [0.15, 0.2) is 0 Å². The molecule has 0 aromatic heterocycles. The molecule has 0 aliphatic heterocycles. The molecular weight excluding hydrogens is 1120 g/mol. The van der Waals surface area contributed by atoms with Gasteiger partial charge >= 0.3 is 0 Å². The second-order valence-corrected chi connectivity index (χ2v) is 48.9. The Kier molecular flexibility index (Phi) is 24.7. The molecule has 0 aliphatic rings. The van der Waals surface area contributed by atoms with Gasteiger partial charge in [0.1, 0.15) is 17.2 Å². The smallest absolute Gasteiger partial charge is 0.119 e. The maximum absolute atomic E-state index is 10.8. The van der Waals surface area contributed by atoms with Crippen molar-refractivity contribution >= 4 is 37.5 Å². The van der Waals surface area contributed by atoms with Gasteiger partial charge in [-0.3, -0.25) is 0 Å². The van der Waals surface area contributed by atoms with Crippen LogP contribution in [0.1, 0.15) is 301 Å². The van der Waals surface area contributed by atoms with E-state index in [0.29, 0.717) is 32.4 Å². The first kappa shape index (κ1) is 78.4. The lowest BCUT2D eigenvalue weighted by molar-refractivity contribution is 0.441. The third-order valence-corrected chi connectivity index (χ3v) is 31.9. The van der Waals surface area contributed by atoms with Crippen LogP contribution >= 0.6 is 0 Å². The minimum atomic E-state index is -1.80. The van der Waals surface area contributed by atoms with Gasteiger partial charge in [-0.2, -0.15) is 0 Å². The number of hydrogen-bond donors (Lipinski definition) is 3. The Hall–Kier alpha value is -3.85. The molecule has 0 aliphatic carbocycles. The molecule has 0 saturated carbocycles. The van der Waals surface area contributed by atoms with E-state index in [2.05, 4.69) is 303 Å². The summed E-state index contributed by atoms with van der Waals surface area (Å²) in [6.07, 6.45) is 3.29. The van der Waals surface area contributed by atoms with Gasteiger partial charge in [0.25, 0.3) is 0 Å². The molecule has 0 atom stereocenters. The number of aromatic hydroxyl groups is 3. The molecule has 3 N–H and O–H groups in total. The lowest BCUT2D eigenvalue weighted by atomic mass is 9.75. The summed E-state index contributed by atoms with van der Waals surface area (Å²) in [5.74, 6) is 1.33. The fourth-order valence-corrected chi connectivity index (χ4v) is 29.3. The van der Waals surface area contributed by atoms with Gasteiger partial charge in [-0.1, -0.05) is 312 Å². The molecule has 0 saturated heterocycles. The van der Waals surface area contributed by atoms with Crippen molar-refractivity contribution in [2.24, 2.45) is 0 Å². The number of phenolic OH excluding ortho intramolecular Hbond substituents is 3. The number of hydrogen-bond acceptors (Lipinski definition) is 3. The molecule has 494 valence electrons. The summed E-state index contributed by atoms with van der Waals surface area (Å²) < 4.78 is 0. The van der Waals surface area contributed by atoms with Gasteiger partial charge in [-0.15, -0.1) is 0 Å². The Morgan fingerprint density at radius 2 is 0.602 bits per heavy atom. The normalized spacial score (nSPS) is 13.9. The zero-order valence-corrected chi connectivity index (χ0v) is 67.8. The topological polar surface area (TPSA) is 60.7 Å². The Morgan fingerprint density at radius 3 is 0.898 bits per heavy atom. The summed E-state index contributed by atoms with van der Waals surface area (Å²) in [7, 11) is -2.51. The first-order valence-electron chi connectivity index (χ1n) is 34.0. The van der Waals surface area contributed by atoms with Crippen LogP contribution in [0, 0.1) is 13.8 Å². The van der Waals surface area contributed by atoms with E-state index in [0.717, 1.165) is 36.0 Å².